The van der Waals surface area contributed by atoms with Crippen LogP contribution in [0.4, 0.5) is 0 Å². The molecule has 0 spiro atoms. The summed E-state index contributed by atoms with van der Waals surface area (Å²) in [6, 6.07) is 18.0. The second-order valence-electron chi connectivity index (χ2n) is 7.96. The zero-order valence-electron chi connectivity index (χ0n) is 18.6. The van der Waals surface area contributed by atoms with Crippen LogP contribution in [0.3, 0.4) is 0 Å². The number of hydrogen-bond acceptors (Lipinski definition) is 6. The Balaban J connectivity index is 1.14. The molecular formula is C26H32N2O3S. The van der Waals surface area contributed by atoms with Crippen LogP contribution in [0.1, 0.15) is 31.6 Å². The molecule has 5 nitrogen and oxygen atoms in total. The number of aromatic nitrogens is 1. The van der Waals surface area contributed by atoms with E-state index in [2.05, 4.69) is 9.88 Å². The van der Waals surface area contributed by atoms with Crippen molar-refractivity contribution in [2.45, 2.75) is 31.4 Å². The Bertz CT molecular complexity index is 908. The molecule has 3 aromatic rings. The minimum Gasteiger partial charge on any atom is -0.494 e. The first kappa shape index (κ1) is 22.7. The Hall–Kier alpha value is -2.44. The number of ether oxygens (including phenoxy) is 2. The molecule has 6 heteroatoms. The van der Waals surface area contributed by atoms with Crippen molar-refractivity contribution in [2.24, 2.45) is 0 Å². The average molecular weight is 453 g/mol. The lowest BCUT2D eigenvalue weighted by atomic mass is 10.1. The van der Waals surface area contributed by atoms with Gasteiger partial charge in [0.25, 0.3) is 0 Å². The molecule has 0 N–H and O–H groups in total. The number of hydrogen-bond donors (Lipinski definition) is 0. The van der Waals surface area contributed by atoms with E-state index in [0.29, 0.717) is 6.61 Å². The highest BCUT2D eigenvalue weighted by atomic mass is 32.2. The zero-order valence-corrected chi connectivity index (χ0v) is 19.4. The van der Waals surface area contributed by atoms with E-state index < -0.39 is 0 Å². The van der Waals surface area contributed by atoms with Gasteiger partial charge in [0.1, 0.15) is 11.5 Å². The SMILES string of the molecule is c1ccc(OCCSCc2ncc(-c3ccc(OCCCN4CCCCC4)cc3)o2)cc1. The van der Waals surface area contributed by atoms with Gasteiger partial charge in [-0.25, -0.2) is 4.98 Å². The van der Waals surface area contributed by atoms with Crippen LogP contribution in [-0.2, 0) is 5.75 Å². The number of rotatable bonds is 12. The van der Waals surface area contributed by atoms with Gasteiger partial charge in [-0.2, -0.15) is 0 Å². The Morgan fingerprint density at radius 2 is 1.62 bits per heavy atom. The van der Waals surface area contributed by atoms with Crippen LogP contribution in [0.5, 0.6) is 11.5 Å². The first-order chi connectivity index (χ1) is 15.9. The molecule has 1 fully saturated rings. The van der Waals surface area contributed by atoms with Crippen LogP contribution in [-0.4, -0.2) is 48.5 Å². The lowest BCUT2D eigenvalue weighted by Gasteiger charge is -2.26. The monoisotopic (exact) mass is 452 g/mol. The molecule has 0 aliphatic carbocycles. The second-order valence-corrected chi connectivity index (χ2v) is 9.07. The van der Waals surface area contributed by atoms with Crippen LogP contribution in [0.2, 0.25) is 0 Å². The number of para-hydroxylation sites is 1. The maximum absolute atomic E-state index is 5.92. The fraction of sp³-hybridized carbons (Fsp3) is 0.423. The standard InChI is InChI=1S/C26H32N2O3S/c1-3-8-23(9-4-1)30-18-19-32-21-26-27-20-25(31-26)22-10-12-24(13-11-22)29-17-7-16-28-14-5-2-6-15-28/h1,3-4,8-13,20H,2,5-7,14-19,21H2. The topological polar surface area (TPSA) is 47.7 Å². The first-order valence-corrected chi connectivity index (χ1v) is 12.7. The van der Waals surface area contributed by atoms with Crippen molar-refractivity contribution < 1.29 is 13.9 Å². The lowest BCUT2D eigenvalue weighted by molar-refractivity contribution is 0.205. The molecule has 2 heterocycles. The quantitative estimate of drug-likeness (QED) is 0.319. The third-order valence-corrected chi connectivity index (χ3v) is 6.40. The summed E-state index contributed by atoms with van der Waals surface area (Å²) in [5.41, 5.74) is 1.02. The maximum Gasteiger partial charge on any atom is 0.204 e. The van der Waals surface area contributed by atoms with Gasteiger partial charge in [-0.05, 0) is 68.8 Å². The van der Waals surface area contributed by atoms with Crippen molar-refractivity contribution >= 4 is 11.8 Å². The van der Waals surface area contributed by atoms with E-state index in [1.807, 2.05) is 54.6 Å². The van der Waals surface area contributed by atoms with Crippen LogP contribution >= 0.6 is 11.8 Å². The molecule has 32 heavy (non-hydrogen) atoms. The van der Waals surface area contributed by atoms with Gasteiger partial charge in [0.05, 0.1) is 25.2 Å². The van der Waals surface area contributed by atoms with Crippen molar-refractivity contribution in [3.8, 4) is 22.8 Å². The fourth-order valence-corrected chi connectivity index (χ4v) is 4.44. The molecule has 4 rings (SSSR count). The van der Waals surface area contributed by atoms with Gasteiger partial charge in [0, 0.05) is 17.9 Å². The van der Waals surface area contributed by atoms with Crippen LogP contribution in [0, 0.1) is 0 Å². The zero-order chi connectivity index (χ0) is 21.8. The average Bonchev–Trinajstić information content (AvgIpc) is 3.32. The van der Waals surface area contributed by atoms with E-state index in [1.54, 1.807) is 18.0 Å². The van der Waals surface area contributed by atoms with Crippen LogP contribution < -0.4 is 9.47 Å². The molecule has 0 radical (unpaired) electrons. The summed E-state index contributed by atoms with van der Waals surface area (Å²) in [4.78, 5) is 6.96. The number of nitrogens with zero attached hydrogens (tertiary/aromatic N) is 2. The molecule has 1 aliphatic rings. The van der Waals surface area contributed by atoms with Crippen molar-refractivity contribution in [1.82, 2.24) is 9.88 Å². The molecule has 1 aromatic heterocycles. The second kappa shape index (κ2) is 12.6. The van der Waals surface area contributed by atoms with Gasteiger partial charge >= 0.3 is 0 Å². The molecule has 0 atom stereocenters. The van der Waals surface area contributed by atoms with Crippen LogP contribution in [0.25, 0.3) is 11.3 Å². The van der Waals surface area contributed by atoms with E-state index >= 15 is 0 Å². The van der Waals surface area contributed by atoms with Gasteiger partial charge in [0.2, 0.25) is 5.89 Å². The molecule has 0 saturated carbocycles. The fourth-order valence-electron chi connectivity index (χ4n) is 3.78. The number of piperidine rings is 1. The van der Waals surface area contributed by atoms with Crippen molar-refractivity contribution in [2.75, 3.05) is 38.6 Å². The smallest absolute Gasteiger partial charge is 0.204 e. The molecule has 1 aliphatic heterocycles. The summed E-state index contributed by atoms with van der Waals surface area (Å²) in [5.74, 6) is 4.95. The molecule has 0 bridgehead atoms. The Morgan fingerprint density at radius 1 is 0.875 bits per heavy atom. The minimum absolute atomic E-state index is 0.668. The third kappa shape index (κ3) is 7.31. The maximum atomic E-state index is 5.92. The molecule has 1 saturated heterocycles. The first-order valence-electron chi connectivity index (χ1n) is 11.5. The molecule has 2 aromatic carbocycles. The normalized spacial score (nSPS) is 14.4. The van der Waals surface area contributed by atoms with Crippen LogP contribution in [0.15, 0.2) is 65.2 Å². The van der Waals surface area contributed by atoms with Gasteiger partial charge in [-0.3, -0.25) is 0 Å². The molecule has 0 unspecified atom stereocenters. The van der Waals surface area contributed by atoms with E-state index in [1.165, 1.54) is 32.4 Å². The summed E-state index contributed by atoms with van der Waals surface area (Å²) in [5, 5.41) is 0. The molecule has 170 valence electrons. The van der Waals surface area contributed by atoms with E-state index in [9.17, 15) is 0 Å². The van der Waals surface area contributed by atoms with Gasteiger partial charge in [0.15, 0.2) is 5.76 Å². The summed E-state index contributed by atoms with van der Waals surface area (Å²) < 4.78 is 17.5. The number of benzene rings is 2. The largest absolute Gasteiger partial charge is 0.494 e. The Kier molecular flexibility index (Phi) is 8.93. The third-order valence-electron chi connectivity index (χ3n) is 5.49. The van der Waals surface area contributed by atoms with Gasteiger partial charge in [-0.15, -0.1) is 11.8 Å². The summed E-state index contributed by atoms with van der Waals surface area (Å²) >= 11 is 1.75. The number of thioether (sulfide) groups is 1. The van der Waals surface area contributed by atoms with Gasteiger partial charge in [-0.1, -0.05) is 24.6 Å². The van der Waals surface area contributed by atoms with Crippen molar-refractivity contribution in [3.05, 3.63) is 66.7 Å². The van der Waals surface area contributed by atoms with E-state index in [0.717, 1.165) is 59.8 Å². The van der Waals surface area contributed by atoms with Crippen molar-refractivity contribution in [1.29, 1.82) is 0 Å². The van der Waals surface area contributed by atoms with Crippen molar-refractivity contribution in [3.63, 3.8) is 0 Å². The molecular weight excluding hydrogens is 420 g/mol. The lowest BCUT2D eigenvalue weighted by Crippen LogP contribution is -2.31. The summed E-state index contributed by atoms with van der Waals surface area (Å²) in [6.45, 7) is 5.05. The summed E-state index contributed by atoms with van der Waals surface area (Å²) in [7, 11) is 0. The predicted octanol–water partition coefficient (Wildman–Crippen LogP) is 5.91. The minimum atomic E-state index is 0.668. The van der Waals surface area contributed by atoms with E-state index in [4.69, 9.17) is 13.9 Å². The Morgan fingerprint density at radius 3 is 2.44 bits per heavy atom. The highest BCUT2D eigenvalue weighted by molar-refractivity contribution is 7.98. The highest BCUT2D eigenvalue weighted by Crippen LogP contribution is 2.25. The Labute approximate surface area is 195 Å². The molecule has 0 amide bonds. The number of oxazole rings is 1. The summed E-state index contributed by atoms with van der Waals surface area (Å²) in [6.07, 6.45) is 6.93. The highest BCUT2D eigenvalue weighted by Gasteiger charge is 2.10. The predicted molar refractivity (Wildman–Crippen MR) is 130 cm³/mol. The van der Waals surface area contributed by atoms with Gasteiger partial charge < -0.3 is 18.8 Å². The van der Waals surface area contributed by atoms with E-state index in [-0.39, 0.29) is 0 Å². The number of likely N-dealkylation sites (tertiary alicyclic amines) is 1.